The molecule has 3 heterocycles. The van der Waals surface area contributed by atoms with Gasteiger partial charge in [0.2, 0.25) is 0 Å². The summed E-state index contributed by atoms with van der Waals surface area (Å²) in [6.45, 7) is 0.545. The fourth-order valence-electron chi connectivity index (χ4n) is 1.87. The zero-order valence-corrected chi connectivity index (χ0v) is 12.1. The topological polar surface area (TPSA) is 80.9 Å². The number of anilines is 1. The van der Waals surface area contributed by atoms with Gasteiger partial charge in [0.05, 0.1) is 16.9 Å². The summed E-state index contributed by atoms with van der Waals surface area (Å²) < 4.78 is 0. The summed E-state index contributed by atoms with van der Waals surface area (Å²) in [6.07, 6.45) is 2.42. The minimum absolute atomic E-state index is 0.152. The standard InChI is InChI=1S/C13H12N4OS2/c14-10-9-2-1-4-16-13(9)20-11(10)12(18)15-5-3-8-6-19-7-17-8/h1-2,4,6-7H,3,5,14H2,(H,15,18). The van der Waals surface area contributed by atoms with E-state index >= 15 is 0 Å². The summed E-state index contributed by atoms with van der Waals surface area (Å²) in [7, 11) is 0. The summed E-state index contributed by atoms with van der Waals surface area (Å²) in [5.41, 5.74) is 9.28. The Morgan fingerprint density at radius 1 is 1.40 bits per heavy atom. The zero-order valence-electron chi connectivity index (χ0n) is 10.5. The van der Waals surface area contributed by atoms with Crippen LogP contribution in [0, 0.1) is 0 Å². The number of thiophene rings is 1. The van der Waals surface area contributed by atoms with Crippen LogP contribution in [0.4, 0.5) is 5.69 Å². The number of nitrogen functional groups attached to an aromatic ring is 1. The molecule has 0 saturated heterocycles. The van der Waals surface area contributed by atoms with Crippen molar-refractivity contribution >= 4 is 44.5 Å². The van der Waals surface area contributed by atoms with E-state index in [1.807, 2.05) is 17.5 Å². The highest BCUT2D eigenvalue weighted by atomic mass is 32.1. The van der Waals surface area contributed by atoms with Crippen molar-refractivity contribution in [1.82, 2.24) is 15.3 Å². The second kappa shape index (κ2) is 5.56. The van der Waals surface area contributed by atoms with E-state index in [2.05, 4.69) is 15.3 Å². The molecule has 0 bridgehead atoms. The number of nitrogens with zero attached hydrogens (tertiary/aromatic N) is 2. The third-order valence-electron chi connectivity index (χ3n) is 2.86. The number of nitrogens with two attached hydrogens (primary N) is 1. The van der Waals surface area contributed by atoms with Gasteiger partial charge >= 0.3 is 0 Å². The lowest BCUT2D eigenvalue weighted by atomic mass is 10.2. The first-order valence-corrected chi connectivity index (χ1v) is 7.80. The molecule has 20 heavy (non-hydrogen) atoms. The highest BCUT2D eigenvalue weighted by molar-refractivity contribution is 7.21. The average Bonchev–Trinajstić information content (AvgIpc) is 3.08. The van der Waals surface area contributed by atoms with Gasteiger partial charge in [-0.05, 0) is 12.1 Å². The van der Waals surface area contributed by atoms with Gasteiger partial charge in [0, 0.05) is 29.9 Å². The van der Waals surface area contributed by atoms with Gasteiger partial charge in [-0.2, -0.15) is 0 Å². The van der Waals surface area contributed by atoms with Crippen molar-refractivity contribution in [2.45, 2.75) is 6.42 Å². The van der Waals surface area contributed by atoms with Crippen molar-refractivity contribution in [2.24, 2.45) is 0 Å². The van der Waals surface area contributed by atoms with Crippen molar-refractivity contribution < 1.29 is 4.79 Å². The van der Waals surface area contributed by atoms with E-state index in [0.29, 0.717) is 17.1 Å². The number of hydrogen-bond acceptors (Lipinski definition) is 6. The SMILES string of the molecule is Nc1c(C(=O)NCCc2cscn2)sc2ncccc12. The Balaban J connectivity index is 1.71. The number of rotatable bonds is 4. The molecule has 0 unspecified atom stereocenters. The maximum Gasteiger partial charge on any atom is 0.263 e. The van der Waals surface area contributed by atoms with Gasteiger partial charge in [0.1, 0.15) is 9.71 Å². The lowest BCUT2D eigenvalue weighted by Crippen LogP contribution is -2.25. The Morgan fingerprint density at radius 2 is 2.30 bits per heavy atom. The zero-order chi connectivity index (χ0) is 13.9. The number of carbonyl (C=O) groups excluding carboxylic acids is 1. The molecule has 0 aliphatic heterocycles. The number of carbonyl (C=O) groups is 1. The second-order valence-electron chi connectivity index (χ2n) is 4.19. The van der Waals surface area contributed by atoms with E-state index in [1.165, 1.54) is 11.3 Å². The maximum absolute atomic E-state index is 12.1. The number of fused-ring (bicyclic) bond motifs is 1. The molecule has 0 aliphatic rings. The average molecular weight is 304 g/mol. The fraction of sp³-hybridized carbons (Fsp3) is 0.154. The molecule has 1 amide bonds. The largest absolute Gasteiger partial charge is 0.397 e. The monoisotopic (exact) mass is 304 g/mol. The quantitative estimate of drug-likeness (QED) is 0.775. The van der Waals surface area contributed by atoms with Crippen LogP contribution in [0.1, 0.15) is 15.4 Å². The van der Waals surface area contributed by atoms with Crippen LogP contribution in [0.25, 0.3) is 10.2 Å². The molecule has 0 atom stereocenters. The normalized spacial score (nSPS) is 10.8. The van der Waals surface area contributed by atoms with Crippen molar-refractivity contribution in [2.75, 3.05) is 12.3 Å². The minimum Gasteiger partial charge on any atom is -0.397 e. The van der Waals surface area contributed by atoms with Crippen LogP contribution in [0.3, 0.4) is 0 Å². The fourth-order valence-corrected chi connectivity index (χ4v) is 3.44. The molecule has 0 radical (unpaired) electrons. The van der Waals surface area contributed by atoms with Crippen LogP contribution in [0.15, 0.2) is 29.2 Å². The van der Waals surface area contributed by atoms with Gasteiger partial charge in [0.15, 0.2) is 0 Å². The van der Waals surface area contributed by atoms with Crippen LogP contribution in [0.2, 0.25) is 0 Å². The van der Waals surface area contributed by atoms with Gasteiger partial charge < -0.3 is 11.1 Å². The molecule has 0 fully saturated rings. The molecule has 3 aromatic heterocycles. The highest BCUT2D eigenvalue weighted by Gasteiger charge is 2.16. The first kappa shape index (κ1) is 13.0. The van der Waals surface area contributed by atoms with Crippen molar-refractivity contribution in [1.29, 1.82) is 0 Å². The summed E-state index contributed by atoms with van der Waals surface area (Å²) in [5, 5.41) is 5.68. The van der Waals surface area contributed by atoms with E-state index in [1.54, 1.807) is 23.0 Å². The highest BCUT2D eigenvalue weighted by Crippen LogP contribution is 2.31. The van der Waals surface area contributed by atoms with Gasteiger partial charge in [-0.3, -0.25) is 4.79 Å². The van der Waals surface area contributed by atoms with Crippen LogP contribution < -0.4 is 11.1 Å². The number of aromatic nitrogens is 2. The Hall–Kier alpha value is -1.99. The maximum atomic E-state index is 12.1. The van der Waals surface area contributed by atoms with Crippen LogP contribution >= 0.6 is 22.7 Å². The molecular formula is C13H12N4OS2. The predicted octanol–water partition coefficient (Wildman–Crippen LogP) is 2.31. The first-order chi connectivity index (χ1) is 9.75. The van der Waals surface area contributed by atoms with Gasteiger partial charge in [-0.1, -0.05) is 0 Å². The molecule has 3 N–H and O–H groups in total. The van der Waals surface area contributed by atoms with Crippen molar-refractivity contribution in [3.05, 3.63) is 39.8 Å². The summed E-state index contributed by atoms with van der Waals surface area (Å²) in [4.78, 5) is 21.8. The van der Waals surface area contributed by atoms with Crippen molar-refractivity contribution in [3.63, 3.8) is 0 Å². The summed E-state index contributed by atoms with van der Waals surface area (Å²) in [6, 6.07) is 3.69. The van der Waals surface area contributed by atoms with E-state index in [9.17, 15) is 4.79 Å². The molecule has 102 valence electrons. The number of pyridine rings is 1. The summed E-state index contributed by atoms with van der Waals surface area (Å²) >= 11 is 2.87. The molecular weight excluding hydrogens is 292 g/mol. The van der Waals surface area contributed by atoms with Crippen LogP contribution in [-0.2, 0) is 6.42 Å². The minimum atomic E-state index is -0.152. The Bertz CT molecular complexity index is 736. The molecule has 0 aromatic carbocycles. The number of amides is 1. The molecule has 3 aromatic rings. The first-order valence-electron chi connectivity index (χ1n) is 6.04. The van der Waals surface area contributed by atoms with Crippen LogP contribution in [0.5, 0.6) is 0 Å². The van der Waals surface area contributed by atoms with Crippen molar-refractivity contribution in [3.8, 4) is 0 Å². The van der Waals surface area contributed by atoms with Crippen LogP contribution in [-0.4, -0.2) is 22.4 Å². The molecule has 5 nitrogen and oxygen atoms in total. The van der Waals surface area contributed by atoms with Gasteiger partial charge in [-0.15, -0.1) is 22.7 Å². The predicted molar refractivity (Wildman–Crippen MR) is 82.2 cm³/mol. The molecule has 0 aliphatic carbocycles. The molecule has 3 rings (SSSR count). The number of hydrogen-bond donors (Lipinski definition) is 2. The van der Waals surface area contributed by atoms with E-state index in [-0.39, 0.29) is 5.91 Å². The van der Waals surface area contributed by atoms with E-state index in [0.717, 1.165) is 22.3 Å². The van der Waals surface area contributed by atoms with E-state index < -0.39 is 0 Å². The molecule has 0 spiro atoms. The van der Waals surface area contributed by atoms with Gasteiger partial charge in [0.25, 0.3) is 5.91 Å². The smallest absolute Gasteiger partial charge is 0.263 e. The molecule has 7 heteroatoms. The molecule has 0 saturated carbocycles. The lowest BCUT2D eigenvalue weighted by molar-refractivity contribution is 0.0959. The van der Waals surface area contributed by atoms with Gasteiger partial charge in [-0.25, -0.2) is 9.97 Å². The Morgan fingerprint density at radius 3 is 3.05 bits per heavy atom. The summed E-state index contributed by atoms with van der Waals surface area (Å²) in [5.74, 6) is -0.152. The Kier molecular flexibility index (Phi) is 3.62. The number of nitrogens with one attached hydrogen (secondary N) is 1. The second-order valence-corrected chi connectivity index (χ2v) is 5.90. The third-order valence-corrected chi connectivity index (χ3v) is 4.62. The third kappa shape index (κ3) is 2.50. The number of thiazole rings is 1. The van der Waals surface area contributed by atoms with E-state index in [4.69, 9.17) is 5.73 Å². The lowest BCUT2D eigenvalue weighted by Gasteiger charge is -2.02. The Labute approximate surface area is 123 Å².